The first-order valence-electron chi connectivity index (χ1n) is 4.87. The number of aldehydes is 1. The lowest BCUT2D eigenvalue weighted by molar-refractivity contribution is 0.112. The van der Waals surface area contributed by atoms with Gasteiger partial charge in [0, 0.05) is 0 Å². The highest BCUT2D eigenvalue weighted by atomic mass is 32.2. The number of hydrogen-bond acceptors (Lipinski definition) is 5. The van der Waals surface area contributed by atoms with Gasteiger partial charge in [0.15, 0.2) is 12.0 Å². The summed E-state index contributed by atoms with van der Waals surface area (Å²) in [4.78, 5) is 12.1. The molecule has 0 spiro atoms. The first-order chi connectivity index (χ1) is 8.20. The van der Waals surface area contributed by atoms with Crippen LogP contribution in [-0.4, -0.2) is 11.4 Å². The Kier molecular flexibility index (Phi) is 3.71. The summed E-state index contributed by atoms with van der Waals surface area (Å²) in [5, 5.41) is 11.2. The van der Waals surface area contributed by atoms with Gasteiger partial charge in [0.05, 0.1) is 16.9 Å². The van der Waals surface area contributed by atoms with Crippen LogP contribution in [0.3, 0.4) is 0 Å². The molecule has 0 unspecified atom stereocenters. The highest BCUT2D eigenvalue weighted by Crippen LogP contribution is 2.32. The monoisotopic (exact) mass is 266 g/mol. The van der Waals surface area contributed by atoms with E-state index in [4.69, 9.17) is 4.18 Å². The lowest BCUT2D eigenvalue weighted by Gasteiger charge is -2.06. The molecule has 3 nitrogen and oxygen atoms in total. The summed E-state index contributed by atoms with van der Waals surface area (Å²) >= 11 is 2.47. The van der Waals surface area contributed by atoms with Crippen molar-refractivity contribution < 1.29 is 14.1 Å². The van der Waals surface area contributed by atoms with Crippen molar-refractivity contribution in [3.8, 4) is 11.5 Å². The number of phenols is 1. The molecule has 1 heterocycles. The zero-order valence-electron chi connectivity index (χ0n) is 9.04. The lowest BCUT2D eigenvalue weighted by Crippen LogP contribution is -1.86. The van der Waals surface area contributed by atoms with Crippen molar-refractivity contribution in [3.63, 3.8) is 0 Å². The Labute approximate surface area is 107 Å². The van der Waals surface area contributed by atoms with Gasteiger partial charge >= 0.3 is 0 Å². The molecule has 1 N–H and O–H groups in total. The average Bonchev–Trinajstić information content (AvgIpc) is 2.77. The van der Waals surface area contributed by atoms with Crippen LogP contribution in [0.1, 0.15) is 15.2 Å². The van der Waals surface area contributed by atoms with Gasteiger partial charge in [0.1, 0.15) is 10.6 Å². The van der Waals surface area contributed by atoms with Crippen LogP contribution in [0.4, 0.5) is 0 Å². The smallest absolute Gasteiger partial charge is 0.163 e. The number of rotatable bonds is 4. The Morgan fingerprint density at radius 3 is 3.00 bits per heavy atom. The summed E-state index contributed by atoms with van der Waals surface area (Å²) in [7, 11) is 0. The first-order valence-corrected chi connectivity index (χ1v) is 6.49. The molecule has 0 atom stereocenters. The lowest BCUT2D eigenvalue weighted by atomic mass is 10.2. The molecule has 0 aliphatic rings. The maximum atomic E-state index is 10.7. The minimum atomic E-state index is 0.197. The van der Waals surface area contributed by atoms with Gasteiger partial charge in [0.2, 0.25) is 0 Å². The van der Waals surface area contributed by atoms with Crippen molar-refractivity contribution in [2.24, 2.45) is 0 Å². The molecule has 0 saturated carbocycles. The summed E-state index contributed by atoms with van der Waals surface area (Å²) in [5.74, 6) is 0.750. The van der Waals surface area contributed by atoms with Crippen LogP contribution >= 0.6 is 23.4 Å². The van der Waals surface area contributed by atoms with E-state index in [0.717, 1.165) is 28.8 Å². The number of hydrogen-bond donors (Lipinski definition) is 1. The molecule has 1 aromatic heterocycles. The third kappa shape index (κ3) is 2.81. The minimum absolute atomic E-state index is 0.197. The largest absolute Gasteiger partial charge is 0.508 e. The van der Waals surface area contributed by atoms with E-state index >= 15 is 0 Å². The second-order valence-corrected chi connectivity index (χ2v) is 5.10. The Balaban J connectivity index is 2.12. The summed E-state index contributed by atoms with van der Waals surface area (Å²) < 4.78 is 5.47. The topological polar surface area (TPSA) is 46.5 Å². The van der Waals surface area contributed by atoms with Crippen molar-refractivity contribution >= 4 is 29.7 Å². The van der Waals surface area contributed by atoms with Crippen molar-refractivity contribution in [1.29, 1.82) is 0 Å². The normalized spacial score (nSPS) is 10.2. The van der Waals surface area contributed by atoms with Crippen molar-refractivity contribution in [2.75, 3.05) is 0 Å². The number of carbonyl (C=O) groups excluding carboxylic acids is 1. The highest BCUT2D eigenvalue weighted by Gasteiger charge is 2.07. The number of thiophene rings is 1. The molecular formula is C12H10O3S2. The van der Waals surface area contributed by atoms with E-state index in [1.54, 1.807) is 23.6 Å². The molecule has 0 aliphatic heterocycles. The molecule has 0 amide bonds. The van der Waals surface area contributed by atoms with E-state index in [9.17, 15) is 9.90 Å². The molecule has 17 heavy (non-hydrogen) atoms. The molecule has 0 bridgehead atoms. The van der Waals surface area contributed by atoms with Crippen molar-refractivity contribution in [3.05, 3.63) is 40.1 Å². The summed E-state index contributed by atoms with van der Waals surface area (Å²) in [6.07, 6.45) is 0.774. The molecule has 2 rings (SSSR count). The fourth-order valence-electron chi connectivity index (χ4n) is 1.23. The van der Waals surface area contributed by atoms with E-state index in [2.05, 4.69) is 0 Å². The average molecular weight is 266 g/mol. The molecule has 1 aromatic carbocycles. The Bertz CT molecular complexity index is 534. The first kappa shape index (κ1) is 12.0. The van der Waals surface area contributed by atoms with Gasteiger partial charge in [-0.15, -0.1) is 11.3 Å². The van der Waals surface area contributed by atoms with E-state index in [1.807, 2.05) is 13.0 Å². The van der Waals surface area contributed by atoms with Crippen LogP contribution in [0.2, 0.25) is 0 Å². The van der Waals surface area contributed by atoms with Gasteiger partial charge in [-0.1, -0.05) is 6.07 Å². The fourth-order valence-corrected chi connectivity index (χ4v) is 2.60. The van der Waals surface area contributed by atoms with Gasteiger partial charge in [-0.25, -0.2) is 0 Å². The highest BCUT2D eigenvalue weighted by molar-refractivity contribution is 7.95. The Morgan fingerprint density at radius 1 is 1.41 bits per heavy atom. The molecule has 2 aromatic rings. The van der Waals surface area contributed by atoms with Crippen LogP contribution in [-0.2, 0) is 0 Å². The molecule has 5 heteroatoms. The van der Waals surface area contributed by atoms with Crippen molar-refractivity contribution in [2.45, 2.75) is 11.8 Å². The van der Waals surface area contributed by atoms with E-state index < -0.39 is 0 Å². The zero-order chi connectivity index (χ0) is 12.3. The number of phenolic OH excluding ortho intramolecular Hbond substituents is 1. The minimum Gasteiger partial charge on any atom is -0.508 e. The second kappa shape index (κ2) is 5.25. The second-order valence-electron chi connectivity index (χ2n) is 3.38. The molecular weight excluding hydrogens is 256 g/mol. The van der Waals surface area contributed by atoms with Crippen molar-refractivity contribution in [1.82, 2.24) is 0 Å². The molecule has 88 valence electrons. The maximum Gasteiger partial charge on any atom is 0.163 e. The van der Waals surface area contributed by atoms with Gasteiger partial charge in [-0.3, -0.25) is 4.79 Å². The van der Waals surface area contributed by atoms with E-state index in [0.29, 0.717) is 10.6 Å². The SMILES string of the molecule is Cc1ccc(O)cc1SOc1ccsc1C=O. The molecule has 0 fully saturated rings. The maximum absolute atomic E-state index is 10.7. The summed E-state index contributed by atoms with van der Waals surface area (Å²) in [6, 6.07) is 6.82. The predicted molar refractivity (Wildman–Crippen MR) is 69.0 cm³/mol. The Morgan fingerprint density at radius 2 is 2.24 bits per heavy atom. The van der Waals surface area contributed by atoms with Crippen LogP contribution in [0.5, 0.6) is 11.5 Å². The summed E-state index contributed by atoms with van der Waals surface area (Å²) in [5.41, 5.74) is 1.01. The predicted octanol–water partition coefficient (Wildman–Crippen LogP) is 3.66. The molecule has 0 radical (unpaired) electrons. The van der Waals surface area contributed by atoms with E-state index in [-0.39, 0.29) is 5.75 Å². The van der Waals surface area contributed by atoms with Gasteiger partial charge in [0.25, 0.3) is 0 Å². The van der Waals surface area contributed by atoms with Crippen LogP contribution < -0.4 is 4.18 Å². The quantitative estimate of drug-likeness (QED) is 0.677. The standard InChI is InChI=1S/C12H10O3S2/c1-8-2-3-9(14)6-11(8)17-15-10-4-5-16-12(10)7-13/h2-7,14H,1H3. The Hall–Kier alpha value is -1.46. The number of benzene rings is 1. The van der Waals surface area contributed by atoms with Crippen LogP contribution in [0, 0.1) is 6.92 Å². The number of aromatic hydroxyl groups is 1. The number of carbonyl (C=O) groups is 1. The van der Waals surface area contributed by atoms with Crippen LogP contribution in [0.15, 0.2) is 34.5 Å². The van der Waals surface area contributed by atoms with E-state index in [1.165, 1.54) is 11.3 Å². The molecule has 0 saturated heterocycles. The third-order valence-corrected chi connectivity index (χ3v) is 3.86. The fraction of sp³-hybridized carbons (Fsp3) is 0.0833. The van der Waals surface area contributed by atoms with Gasteiger partial charge in [-0.05, 0) is 36.1 Å². The zero-order valence-corrected chi connectivity index (χ0v) is 10.7. The third-order valence-electron chi connectivity index (χ3n) is 2.16. The number of aryl methyl sites for hydroxylation is 1. The van der Waals surface area contributed by atoms with Gasteiger partial charge in [-0.2, -0.15) is 0 Å². The van der Waals surface area contributed by atoms with Crippen LogP contribution in [0.25, 0.3) is 0 Å². The molecule has 0 aliphatic carbocycles. The summed E-state index contributed by atoms with van der Waals surface area (Å²) in [6.45, 7) is 1.93. The van der Waals surface area contributed by atoms with Gasteiger partial charge < -0.3 is 9.29 Å².